The lowest BCUT2D eigenvalue weighted by molar-refractivity contribution is -0.140. The van der Waals surface area contributed by atoms with E-state index >= 15 is 0 Å². The van der Waals surface area contributed by atoms with E-state index < -0.39 is 11.9 Å². The molecule has 0 saturated heterocycles. The highest BCUT2D eigenvalue weighted by Crippen LogP contribution is 2.41. The normalized spacial score (nSPS) is 11.5. The minimum atomic E-state index is -4.72. The molecule has 4 aromatic rings. The molecule has 2 aromatic carbocycles. The van der Waals surface area contributed by atoms with Crippen LogP contribution < -0.4 is 0 Å². The molecule has 0 unspecified atom stereocenters. The second-order valence-corrected chi connectivity index (χ2v) is 5.80. The molecule has 2 heterocycles. The van der Waals surface area contributed by atoms with Crippen LogP contribution in [-0.2, 0) is 6.18 Å². The van der Waals surface area contributed by atoms with Crippen LogP contribution in [0, 0.1) is 11.3 Å². The van der Waals surface area contributed by atoms with Gasteiger partial charge in [-0.2, -0.15) is 23.5 Å². The Morgan fingerprint density at radius 2 is 1.63 bits per heavy atom. The minimum Gasteiger partial charge on any atom is -0.256 e. The summed E-state index contributed by atoms with van der Waals surface area (Å²) in [6.07, 6.45) is -3.29. The summed E-state index contributed by atoms with van der Waals surface area (Å²) >= 11 is 0. The number of hydrogen-bond donors (Lipinski definition) is 0. The van der Waals surface area contributed by atoms with Crippen molar-refractivity contribution in [2.75, 3.05) is 0 Å². The summed E-state index contributed by atoms with van der Waals surface area (Å²) in [4.78, 5) is 4.19. The highest BCUT2D eigenvalue weighted by Gasteiger charge is 2.40. The highest BCUT2D eigenvalue weighted by molar-refractivity contribution is 5.96. The third-order valence-corrected chi connectivity index (χ3v) is 4.18. The molecule has 0 N–H and O–H groups in total. The van der Waals surface area contributed by atoms with Crippen LogP contribution in [0.1, 0.15) is 11.4 Å². The number of nitriles is 1. The van der Waals surface area contributed by atoms with Crippen molar-refractivity contribution < 1.29 is 13.2 Å². The van der Waals surface area contributed by atoms with Crippen LogP contribution in [0.2, 0.25) is 0 Å². The Morgan fingerprint density at radius 1 is 0.926 bits per heavy atom. The number of fused-ring (bicyclic) bond motifs is 1. The fourth-order valence-electron chi connectivity index (χ4n) is 3.04. The van der Waals surface area contributed by atoms with Gasteiger partial charge in [0.05, 0.1) is 16.8 Å². The van der Waals surface area contributed by atoms with Crippen LogP contribution in [0.3, 0.4) is 0 Å². The molecule has 0 aliphatic rings. The molecule has 2 aromatic heterocycles. The largest absolute Gasteiger partial charge is 0.435 e. The molecule has 0 radical (unpaired) electrons. The number of nitrogens with zero attached hydrogens (tertiary/aromatic N) is 4. The number of benzene rings is 2. The maximum absolute atomic E-state index is 13.8. The molecule has 0 bridgehead atoms. The number of pyridine rings is 1. The zero-order valence-electron chi connectivity index (χ0n) is 13.8. The van der Waals surface area contributed by atoms with Crippen LogP contribution in [0.15, 0.2) is 66.9 Å². The smallest absolute Gasteiger partial charge is 0.256 e. The van der Waals surface area contributed by atoms with E-state index in [9.17, 15) is 18.4 Å². The van der Waals surface area contributed by atoms with E-state index in [1.807, 2.05) is 6.07 Å². The van der Waals surface area contributed by atoms with Gasteiger partial charge < -0.3 is 0 Å². The summed E-state index contributed by atoms with van der Waals surface area (Å²) < 4.78 is 42.4. The van der Waals surface area contributed by atoms with E-state index in [-0.39, 0.29) is 16.8 Å². The van der Waals surface area contributed by atoms with Crippen molar-refractivity contribution in [2.45, 2.75) is 6.18 Å². The monoisotopic (exact) mass is 364 g/mol. The van der Waals surface area contributed by atoms with E-state index in [0.717, 1.165) is 4.68 Å². The van der Waals surface area contributed by atoms with Crippen LogP contribution in [0.4, 0.5) is 13.2 Å². The van der Waals surface area contributed by atoms with Crippen LogP contribution in [0.5, 0.6) is 0 Å². The van der Waals surface area contributed by atoms with Gasteiger partial charge in [0.2, 0.25) is 0 Å². The summed E-state index contributed by atoms with van der Waals surface area (Å²) in [6, 6.07) is 18.5. The molecule has 0 aliphatic heterocycles. The van der Waals surface area contributed by atoms with Crippen molar-refractivity contribution in [2.24, 2.45) is 0 Å². The summed E-state index contributed by atoms with van der Waals surface area (Å²) in [7, 11) is 0. The maximum Gasteiger partial charge on any atom is 0.435 e. The Hall–Kier alpha value is -3.66. The molecule has 27 heavy (non-hydrogen) atoms. The molecule has 4 nitrogen and oxygen atoms in total. The third-order valence-electron chi connectivity index (χ3n) is 4.18. The lowest BCUT2D eigenvalue weighted by Crippen LogP contribution is -2.08. The van der Waals surface area contributed by atoms with Gasteiger partial charge in [-0.15, -0.1) is 0 Å². The first-order valence-electron chi connectivity index (χ1n) is 8.00. The van der Waals surface area contributed by atoms with Gasteiger partial charge in [-0.3, -0.25) is 4.98 Å². The van der Waals surface area contributed by atoms with Crippen LogP contribution in [-0.4, -0.2) is 14.8 Å². The second kappa shape index (κ2) is 6.25. The molecule has 7 heteroatoms. The van der Waals surface area contributed by atoms with Crippen LogP contribution in [0.25, 0.3) is 27.7 Å². The molecule has 0 atom stereocenters. The Morgan fingerprint density at radius 3 is 2.33 bits per heavy atom. The van der Waals surface area contributed by atoms with Gasteiger partial charge in [-0.1, -0.05) is 36.4 Å². The van der Waals surface area contributed by atoms with E-state index in [4.69, 9.17) is 0 Å². The molecule has 0 spiro atoms. The SMILES string of the molecule is N#Cc1c(-c2ccnc3ccccc23)c(C(F)(F)F)nn1-c1ccccc1. The van der Waals surface area contributed by atoms with Gasteiger partial charge in [0.1, 0.15) is 6.07 Å². The zero-order chi connectivity index (χ0) is 19.0. The predicted octanol–water partition coefficient (Wildman–Crippen LogP) is 4.98. The van der Waals surface area contributed by atoms with Gasteiger partial charge in [0, 0.05) is 11.6 Å². The average molecular weight is 364 g/mol. The van der Waals surface area contributed by atoms with Gasteiger partial charge in [0.15, 0.2) is 11.4 Å². The fourth-order valence-corrected chi connectivity index (χ4v) is 3.04. The Balaban J connectivity index is 2.11. The summed E-state index contributed by atoms with van der Waals surface area (Å²) in [5.74, 6) is 0. The van der Waals surface area contributed by atoms with Crippen molar-refractivity contribution >= 4 is 10.9 Å². The highest BCUT2D eigenvalue weighted by atomic mass is 19.4. The molecule has 0 amide bonds. The molecular formula is C20H11F3N4. The van der Waals surface area contributed by atoms with Crippen LogP contribution >= 0.6 is 0 Å². The topological polar surface area (TPSA) is 54.5 Å². The molecule has 4 rings (SSSR count). The number of para-hydroxylation sites is 2. The Bertz CT molecular complexity index is 1170. The third kappa shape index (κ3) is 2.81. The first kappa shape index (κ1) is 16.8. The van der Waals surface area contributed by atoms with Gasteiger partial charge in [-0.25, -0.2) is 4.68 Å². The molecule has 0 saturated carbocycles. The van der Waals surface area contributed by atoms with E-state index in [1.54, 1.807) is 54.6 Å². The molecule has 0 aliphatic carbocycles. The molecule has 0 fully saturated rings. The van der Waals surface area contributed by atoms with Gasteiger partial charge in [-0.05, 0) is 29.8 Å². The van der Waals surface area contributed by atoms with E-state index in [0.29, 0.717) is 16.6 Å². The van der Waals surface area contributed by atoms with Crippen molar-refractivity contribution in [3.05, 3.63) is 78.2 Å². The Labute approximate surface area is 152 Å². The second-order valence-electron chi connectivity index (χ2n) is 5.80. The van der Waals surface area contributed by atoms with Crippen molar-refractivity contribution in [1.29, 1.82) is 5.26 Å². The van der Waals surface area contributed by atoms with Crippen molar-refractivity contribution in [3.63, 3.8) is 0 Å². The Kier molecular flexibility index (Phi) is 3.89. The quantitative estimate of drug-likeness (QED) is 0.504. The lowest BCUT2D eigenvalue weighted by atomic mass is 9.99. The first-order valence-corrected chi connectivity index (χ1v) is 8.00. The predicted molar refractivity (Wildman–Crippen MR) is 94.0 cm³/mol. The fraction of sp³-hybridized carbons (Fsp3) is 0.0500. The number of hydrogen-bond acceptors (Lipinski definition) is 3. The zero-order valence-corrected chi connectivity index (χ0v) is 13.8. The minimum absolute atomic E-state index is 0.176. The molecular weight excluding hydrogens is 353 g/mol. The molecule has 132 valence electrons. The van der Waals surface area contributed by atoms with Crippen molar-refractivity contribution in [3.8, 4) is 22.9 Å². The first-order chi connectivity index (χ1) is 13.0. The summed E-state index contributed by atoms with van der Waals surface area (Å²) in [5, 5.41) is 14.0. The van der Waals surface area contributed by atoms with E-state index in [2.05, 4.69) is 10.1 Å². The number of alkyl halides is 3. The maximum atomic E-state index is 13.8. The van der Waals surface area contributed by atoms with Gasteiger partial charge >= 0.3 is 6.18 Å². The van der Waals surface area contributed by atoms with Gasteiger partial charge in [0.25, 0.3) is 0 Å². The standard InChI is InChI=1S/C20H11F3N4/c21-20(22,23)19-18(15-10-11-25-16-9-5-4-8-14(15)16)17(12-24)27(26-19)13-6-2-1-3-7-13/h1-11H. The number of rotatable bonds is 2. The number of halogens is 3. The number of aromatic nitrogens is 3. The summed E-state index contributed by atoms with van der Waals surface area (Å²) in [5.41, 5.74) is -0.327. The lowest BCUT2D eigenvalue weighted by Gasteiger charge is -2.09. The van der Waals surface area contributed by atoms with Crippen molar-refractivity contribution in [1.82, 2.24) is 14.8 Å². The van der Waals surface area contributed by atoms with E-state index in [1.165, 1.54) is 12.3 Å². The summed E-state index contributed by atoms with van der Waals surface area (Å²) in [6.45, 7) is 0. The average Bonchev–Trinajstić information content (AvgIpc) is 3.08.